The highest BCUT2D eigenvalue weighted by molar-refractivity contribution is 7.92. The van der Waals surface area contributed by atoms with Gasteiger partial charge in [0.2, 0.25) is 5.95 Å². The van der Waals surface area contributed by atoms with Crippen LogP contribution in [0.25, 0.3) is 0 Å². The molecule has 0 unspecified atom stereocenters. The number of nitrogens with one attached hydrogen (secondary N) is 1. The van der Waals surface area contributed by atoms with Crippen molar-refractivity contribution < 1.29 is 17.2 Å². The monoisotopic (exact) mass is 332 g/mol. The molecule has 1 aromatic heterocycles. The number of anilines is 1. The molecule has 1 aromatic carbocycles. The highest BCUT2D eigenvalue weighted by atomic mass is 35.5. The zero-order valence-electron chi connectivity index (χ0n) is 11.1. The van der Waals surface area contributed by atoms with Gasteiger partial charge < -0.3 is 0 Å². The van der Waals surface area contributed by atoms with E-state index < -0.39 is 21.8 Å². The van der Waals surface area contributed by atoms with Crippen molar-refractivity contribution in [1.29, 1.82) is 0 Å². The van der Waals surface area contributed by atoms with Crippen molar-refractivity contribution in [3.05, 3.63) is 52.3 Å². The Labute approximate surface area is 125 Å². The summed E-state index contributed by atoms with van der Waals surface area (Å²) in [5, 5.41) is -0.304. The SMILES string of the molecule is Cc1cc(S(=O)(=O)Nc2cnc(F)c(Cl)c2)cc(C)c1F. The molecule has 0 bridgehead atoms. The third kappa shape index (κ3) is 3.30. The van der Waals surface area contributed by atoms with Crippen molar-refractivity contribution >= 4 is 27.3 Å². The first-order valence-electron chi connectivity index (χ1n) is 5.81. The quantitative estimate of drug-likeness (QED) is 0.876. The smallest absolute Gasteiger partial charge is 0.261 e. The number of halogens is 3. The Morgan fingerprint density at radius 1 is 1.14 bits per heavy atom. The lowest BCUT2D eigenvalue weighted by atomic mass is 10.1. The van der Waals surface area contributed by atoms with Crippen LogP contribution in [-0.4, -0.2) is 13.4 Å². The first-order valence-corrected chi connectivity index (χ1v) is 7.67. The zero-order valence-corrected chi connectivity index (χ0v) is 12.7. The van der Waals surface area contributed by atoms with Crippen LogP contribution >= 0.6 is 11.6 Å². The number of nitrogens with zero attached hydrogens (tertiary/aromatic N) is 1. The summed E-state index contributed by atoms with van der Waals surface area (Å²) in [5.41, 5.74) is 0.442. The summed E-state index contributed by atoms with van der Waals surface area (Å²) >= 11 is 5.54. The zero-order chi connectivity index (χ0) is 15.8. The summed E-state index contributed by atoms with van der Waals surface area (Å²) in [4.78, 5) is 3.22. The summed E-state index contributed by atoms with van der Waals surface area (Å²) in [6, 6.07) is 3.52. The Bertz CT molecular complexity index is 787. The molecule has 0 saturated heterocycles. The number of aryl methyl sites for hydroxylation is 2. The van der Waals surface area contributed by atoms with Crippen LogP contribution < -0.4 is 4.72 Å². The van der Waals surface area contributed by atoms with E-state index in [-0.39, 0.29) is 26.7 Å². The van der Waals surface area contributed by atoms with Gasteiger partial charge >= 0.3 is 0 Å². The fourth-order valence-corrected chi connectivity index (χ4v) is 3.12. The number of aromatic nitrogens is 1. The van der Waals surface area contributed by atoms with Gasteiger partial charge in [-0.25, -0.2) is 17.8 Å². The van der Waals surface area contributed by atoms with Crippen LogP contribution in [0.5, 0.6) is 0 Å². The Balaban J connectivity index is 2.40. The van der Waals surface area contributed by atoms with Crippen molar-refractivity contribution in [2.45, 2.75) is 18.7 Å². The molecule has 1 heterocycles. The molecule has 0 aliphatic carbocycles. The highest BCUT2D eigenvalue weighted by Crippen LogP contribution is 2.23. The first-order chi connectivity index (χ1) is 9.70. The highest BCUT2D eigenvalue weighted by Gasteiger charge is 2.18. The molecule has 0 fully saturated rings. The van der Waals surface area contributed by atoms with E-state index in [4.69, 9.17) is 11.6 Å². The minimum atomic E-state index is -3.94. The Kier molecular flexibility index (Phi) is 4.15. The molecule has 4 nitrogen and oxygen atoms in total. The number of hydrogen-bond donors (Lipinski definition) is 1. The van der Waals surface area contributed by atoms with E-state index in [0.29, 0.717) is 0 Å². The van der Waals surface area contributed by atoms with Crippen LogP contribution in [0.1, 0.15) is 11.1 Å². The van der Waals surface area contributed by atoms with Crippen LogP contribution in [0.2, 0.25) is 5.02 Å². The lowest BCUT2D eigenvalue weighted by Crippen LogP contribution is -2.14. The van der Waals surface area contributed by atoms with Crippen molar-refractivity contribution in [3.63, 3.8) is 0 Å². The maximum Gasteiger partial charge on any atom is 0.261 e. The van der Waals surface area contributed by atoms with Gasteiger partial charge in [-0.15, -0.1) is 0 Å². The normalized spacial score (nSPS) is 11.5. The Morgan fingerprint density at radius 2 is 1.71 bits per heavy atom. The maximum absolute atomic E-state index is 13.5. The summed E-state index contributed by atoms with van der Waals surface area (Å²) in [6.45, 7) is 2.94. The molecule has 1 N–H and O–H groups in total. The summed E-state index contributed by atoms with van der Waals surface area (Å²) < 4.78 is 53.1. The maximum atomic E-state index is 13.5. The van der Waals surface area contributed by atoms with Gasteiger partial charge in [0.1, 0.15) is 5.82 Å². The van der Waals surface area contributed by atoms with Gasteiger partial charge in [-0.05, 0) is 43.2 Å². The lowest BCUT2D eigenvalue weighted by molar-refractivity contribution is 0.584. The fraction of sp³-hybridized carbons (Fsp3) is 0.154. The predicted molar refractivity (Wildman–Crippen MR) is 75.9 cm³/mol. The van der Waals surface area contributed by atoms with Crippen LogP contribution in [0.4, 0.5) is 14.5 Å². The van der Waals surface area contributed by atoms with Gasteiger partial charge in [0.25, 0.3) is 10.0 Å². The second-order valence-corrected chi connectivity index (χ2v) is 6.56. The van der Waals surface area contributed by atoms with Crippen LogP contribution in [-0.2, 0) is 10.0 Å². The molecule has 0 spiro atoms. The molecule has 21 heavy (non-hydrogen) atoms. The molecular formula is C13H11ClF2N2O2S. The summed E-state index contributed by atoms with van der Waals surface area (Å²) in [7, 11) is -3.94. The fourth-order valence-electron chi connectivity index (χ4n) is 1.75. The number of hydrogen-bond acceptors (Lipinski definition) is 3. The van der Waals surface area contributed by atoms with Gasteiger partial charge in [0.05, 0.1) is 21.8 Å². The van der Waals surface area contributed by atoms with Crippen molar-refractivity contribution in [2.24, 2.45) is 0 Å². The van der Waals surface area contributed by atoms with Gasteiger partial charge in [-0.1, -0.05) is 11.6 Å². The predicted octanol–water partition coefficient (Wildman–Crippen LogP) is 3.43. The molecule has 0 saturated carbocycles. The van der Waals surface area contributed by atoms with E-state index in [0.717, 1.165) is 12.3 Å². The number of sulfonamides is 1. The molecule has 112 valence electrons. The average Bonchev–Trinajstić information content (AvgIpc) is 2.39. The van der Waals surface area contributed by atoms with Gasteiger partial charge in [0, 0.05) is 0 Å². The third-order valence-electron chi connectivity index (χ3n) is 2.77. The van der Waals surface area contributed by atoms with Gasteiger partial charge in [-0.2, -0.15) is 4.39 Å². The molecule has 0 radical (unpaired) electrons. The van der Waals surface area contributed by atoms with E-state index in [9.17, 15) is 17.2 Å². The standard InChI is InChI=1S/C13H11ClF2N2O2S/c1-7-3-10(4-8(2)12(7)15)21(19,20)18-9-5-11(14)13(16)17-6-9/h3-6,18H,1-2H3. The first kappa shape index (κ1) is 15.7. The topological polar surface area (TPSA) is 59.1 Å². The Morgan fingerprint density at radius 3 is 2.24 bits per heavy atom. The van der Waals surface area contributed by atoms with Gasteiger partial charge in [-0.3, -0.25) is 4.72 Å². The minimum absolute atomic E-state index is 0.0148. The molecule has 0 aliphatic rings. The van der Waals surface area contributed by atoms with Gasteiger partial charge in [0.15, 0.2) is 0 Å². The lowest BCUT2D eigenvalue weighted by Gasteiger charge is -2.10. The summed E-state index contributed by atoms with van der Waals surface area (Å²) in [6.07, 6.45) is 1.00. The van der Waals surface area contributed by atoms with Crippen molar-refractivity contribution in [1.82, 2.24) is 4.98 Å². The van der Waals surface area contributed by atoms with E-state index in [1.807, 2.05) is 0 Å². The largest absolute Gasteiger partial charge is 0.278 e. The third-order valence-corrected chi connectivity index (χ3v) is 4.39. The number of pyridine rings is 1. The van der Waals surface area contributed by atoms with Crippen LogP contribution in [0, 0.1) is 25.6 Å². The number of rotatable bonds is 3. The molecular weight excluding hydrogens is 322 g/mol. The second-order valence-electron chi connectivity index (χ2n) is 4.47. The van der Waals surface area contributed by atoms with Crippen LogP contribution in [0.15, 0.2) is 29.3 Å². The van der Waals surface area contributed by atoms with Crippen molar-refractivity contribution in [3.8, 4) is 0 Å². The Hall–Kier alpha value is -1.73. The molecule has 0 atom stereocenters. The van der Waals surface area contributed by atoms with E-state index in [2.05, 4.69) is 9.71 Å². The second kappa shape index (κ2) is 5.57. The van der Waals surface area contributed by atoms with E-state index >= 15 is 0 Å². The van der Waals surface area contributed by atoms with Crippen molar-refractivity contribution in [2.75, 3.05) is 4.72 Å². The molecule has 0 aliphatic heterocycles. The van der Waals surface area contributed by atoms with Crippen LogP contribution in [0.3, 0.4) is 0 Å². The summed E-state index contributed by atoms with van der Waals surface area (Å²) in [5.74, 6) is -1.35. The van der Waals surface area contributed by atoms with E-state index in [1.165, 1.54) is 26.0 Å². The number of benzene rings is 1. The molecule has 2 rings (SSSR count). The minimum Gasteiger partial charge on any atom is -0.278 e. The molecule has 8 heteroatoms. The average molecular weight is 333 g/mol. The molecule has 0 amide bonds. The molecule has 2 aromatic rings. The van der Waals surface area contributed by atoms with E-state index in [1.54, 1.807) is 0 Å².